The zero-order chi connectivity index (χ0) is 13.7. The second-order valence-electron chi connectivity index (χ2n) is 3.90. The van der Waals surface area contributed by atoms with Gasteiger partial charge in [0, 0.05) is 0 Å². The number of rotatable bonds is 6. The van der Waals surface area contributed by atoms with Crippen molar-refractivity contribution in [1.82, 2.24) is 15.0 Å². The highest BCUT2D eigenvalue weighted by Gasteiger charge is 2.19. The van der Waals surface area contributed by atoms with Crippen molar-refractivity contribution < 1.29 is 14.3 Å². The molecule has 0 aliphatic rings. The van der Waals surface area contributed by atoms with E-state index in [-0.39, 0.29) is 24.8 Å². The second kappa shape index (κ2) is 5.95. The number of esters is 1. The lowest BCUT2D eigenvalue weighted by atomic mass is 10.2. The zero-order valence-electron chi connectivity index (χ0n) is 10.4. The van der Waals surface area contributed by atoms with Gasteiger partial charge < -0.3 is 10.5 Å². The molecule has 0 fully saturated rings. The number of ether oxygens (including phenoxy) is 1. The predicted octanol–water partition coefficient (Wildman–Crippen LogP) is 0.0507. The van der Waals surface area contributed by atoms with E-state index in [1.54, 1.807) is 13.8 Å². The molecule has 18 heavy (non-hydrogen) atoms. The molecule has 0 aromatic carbocycles. The average molecular weight is 252 g/mol. The van der Waals surface area contributed by atoms with Gasteiger partial charge in [0.05, 0.1) is 18.2 Å². The van der Waals surface area contributed by atoms with Crippen molar-refractivity contribution in [3.05, 3.63) is 24.0 Å². The van der Waals surface area contributed by atoms with E-state index in [1.807, 2.05) is 0 Å². The van der Waals surface area contributed by atoms with Crippen LogP contribution in [0, 0.1) is 12.8 Å². The molecule has 98 valence electrons. The molecule has 7 nitrogen and oxygen atoms in total. The third kappa shape index (κ3) is 3.16. The topological polar surface area (TPSA) is 100 Å². The van der Waals surface area contributed by atoms with Crippen LogP contribution in [-0.2, 0) is 16.1 Å². The fraction of sp³-hybridized carbons (Fsp3) is 0.455. The molecule has 0 aliphatic heterocycles. The molecular weight excluding hydrogens is 236 g/mol. The fourth-order valence-corrected chi connectivity index (χ4v) is 1.27. The average Bonchev–Trinajstić information content (AvgIpc) is 2.68. The number of nitrogens with zero attached hydrogens (tertiary/aromatic N) is 3. The van der Waals surface area contributed by atoms with E-state index in [4.69, 9.17) is 10.5 Å². The smallest absolute Gasteiger partial charge is 0.361 e. The van der Waals surface area contributed by atoms with Crippen molar-refractivity contribution in [2.75, 3.05) is 6.61 Å². The first-order chi connectivity index (χ1) is 8.47. The van der Waals surface area contributed by atoms with Crippen LogP contribution in [0.5, 0.6) is 0 Å². The van der Waals surface area contributed by atoms with Gasteiger partial charge in [-0.25, -0.2) is 9.48 Å². The van der Waals surface area contributed by atoms with Gasteiger partial charge >= 0.3 is 5.97 Å². The Bertz CT molecular complexity index is 467. The van der Waals surface area contributed by atoms with Crippen molar-refractivity contribution in [2.45, 2.75) is 20.4 Å². The third-order valence-electron chi connectivity index (χ3n) is 2.44. The van der Waals surface area contributed by atoms with Gasteiger partial charge in [0.25, 0.3) is 0 Å². The van der Waals surface area contributed by atoms with E-state index in [0.717, 1.165) is 0 Å². The van der Waals surface area contributed by atoms with Gasteiger partial charge in [-0.15, -0.1) is 5.10 Å². The zero-order valence-corrected chi connectivity index (χ0v) is 10.4. The van der Waals surface area contributed by atoms with Crippen LogP contribution < -0.4 is 5.73 Å². The lowest BCUT2D eigenvalue weighted by Crippen LogP contribution is -2.25. The summed E-state index contributed by atoms with van der Waals surface area (Å²) in [6, 6.07) is 0. The highest BCUT2D eigenvalue weighted by molar-refractivity contribution is 5.88. The summed E-state index contributed by atoms with van der Waals surface area (Å²) in [5.74, 6) is -1.38. The van der Waals surface area contributed by atoms with Crippen LogP contribution >= 0.6 is 0 Å². The highest BCUT2D eigenvalue weighted by Crippen LogP contribution is 2.08. The molecule has 1 amide bonds. The third-order valence-corrected chi connectivity index (χ3v) is 2.44. The summed E-state index contributed by atoms with van der Waals surface area (Å²) in [5.41, 5.74) is 5.83. The van der Waals surface area contributed by atoms with Gasteiger partial charge in [-0.1, -0.05) is 24.8 Å². The van der Waals surface area contributed by atoms with Crippen molar-refractivity contribution in [2.24, 2.45) is 11.7 Å². The van der Waals surface area contributed by atoms with Gasteiger partial charge in [-0.2, -0.15) is 0 Å². The lowest BCUT2D eigenvalue weighted by Gasteiger charge is -2.08. The minimum atomic E-state index is -0.564. The van der Waals surface area contributed by atoms with E-state index in [9.17, 15) is 9.59 Å². The summed E-state index contributed by atoms with van der Waals surface area (Å²) in [6.07, 6.45) is 1.47. The number of primary amides is 1. The fourth-order valence-electron chi connectivity index (χ4n) is 1.27. The van der Waals surface area contributed by atoms with Crippen LogP contribution in [0.3, 0.4) is 0 Å². The molecule has 1 aromatic heterocycles. The van der Waals surface area contributed by atoms with E-state index >= 15 is 0 Å². The number of hydrogen-bond donors (Lipinski definition) is 1. The summed E-state index contributed by atoms with van der Waals surface area (Å²) < 4.78 is 6.32. The Morgan fingerprint density at radius 2 is 2.28 bits per heavy atom. The van der Waals surface area contributed by atoms with E-state index in [2.05, 4.69) is 16.9 Å². The van der Waals surface area contributed by atoms with Gasteiger partial charge in [-0.3, -0.25) is 4.79 Å². The standard InChI is InChI=1S/C11H16N4O3/c1-4-5-18-11(17)9-8(3)15(14-13-9)6-7(2)10(12)16/h4,7H,1,5-6H2,2-3H3,(H2,12,16). The van der Waals surface area contributed by atoms with Crippen molar-refractivity contribution in [3.8, 4) is 0 Å². The second-order valence-corrected chi connectivity index (χ2v) is 3.90. The Kier molecular flexibility index (Phi) is 4.59. The Morgan fingerprint density at radius 1 is 1.61 bits per heavy atom. The summed E-state index contributed by atoms with van der Waals surface area (Å²) >= 11 is 0. The predicted molar refractivity (Wildman–Crippen MR) is 63.6 cm³/mol. The quantitative estimate of drug-likeness (QED) is 0.569. The number of nitrogens with two attached hydrogens (primary N) is 1. The Morgan fingerprint density at radius 3 is 2.83 bits per heavy atom. The van der Waals surface area contributed by atoms with Gasteiger partial charge in [0.2, 0.25) is 5.91 Å². The number of aromatic nitrogens is 3. The van der Waals surface area contributed by atoms with Crippen molar-refractivity contribution in [3.63, 3.8) is 0 Å². The molecule has 7 heteroatoms. The van der Waals surface area contributed by atoms with E-state index < -0.39 is 11.9 Å². The van der Waals surface area contributed by atoms with Crippen LogP contribution in [-0.4, -0.2) is 33.5 Å². The van der Waals surface area contributed by atoms with Gasteiger partial charge in [0.1, 0.15) is 6.61 Å². The molecule has 0 spiro atoms. The van der Waals surface area contributed by atoms with Gasteiger partial charge in [-0.05, 0) is 6.92 Å². The molecule has 1 atom stereocenters. The molecule has 1 aromatic rings. The Hall–Kier alpha value is -2.18. The molecule has 1 rings (SSSR count). The SMILES string of the molecule is C=CCOC(=O)c1nnn(CC(C)C(N)=O)c1C. The first-order valence-electron chi connectivity index (χ1n) is 5.44. The van der Waals surface area contributed by atoms with E-state index in [0.29, 0.717) is 5.69 Å². The van der Waals surface area contributed by atoms with Crippen LogP contribution in [0.25, 0.3) is 0 Å². The first-order valence-corrected chi connectivity index (χ1v) is 5.44. The maximum absolute atomic E-state index is 11.6. The molecule has 1 heterocycles. The minimum Gasteiger partial charge on any atom is -0.457 e. The maximum Gasteiger partial charge on any atom is 0.361 e. The summed E-state index contributed by atoms with van der Waals surface area (Å²) in [4.78, 5) is 22.5. The van der Waals surface area contributed by atoms with E-state index in [1.165, 1.54) is 10.8 Å². The maximum atomic E-state index is 11.6. The number of carbonyl (C=O) groups is 2. The molecule has 0 saturated carbocycles. The monoisotopic (exact) mass is 252 g/mol. The van der Waals surface area contributed by atoms with Crippen LogP contribution in [0.1, 0.15) is 23.1 Å². The summed E-state index contributed by atoms with van der Waals surface area (Å²) in [5, 5.41) is 7.53. The Labute approximate surface area is 105 Å². The largest absolute Gasteiger partial charge is 0.457 e. The first kappa shape index (κ1) is 13.9. The normalized spacial score (nSPS) is 11.9. The minimum absolute atomic E-state index is 0.114. The molecule has 1 unspecified atom stereocenters. The molecule has 2 N–H and O–H groups in total. The lowest BCUT2D eigenvalue weighted by molar-refractivity contribution is -0.121. The van der Waals surface area contributed by atoms with Crippen LogP contribution in [0.4, 0.5) is 0 Å². The molecule has 0 bridgehead atoms. The van der Waals surface area contributed by atoms with Crippen molar-refractivity contribution >= 4 is 11.9 Å². The summed E-state index contributed by atoms with van der Waals surface area (Å²) in [6.45, 7) is 7.20. The number of carbonyl (C=O) groups excluding carboxylic acids is 2. The number of hydrogen-bond acceptors (Lipinski definition) is 5. The van der Waals surface area contributed by atoms with Crippen LogP contribution in [0.2, 0.25) is 0 Å². The number of amides is 1. The molecular formula is C11H16N4O3. The van der Waals surface area contributed by atoms with Gasteiger partial charge in [0.15, 0.2) is 5.69 Å². The molecule has 0 aliphatic carbocycles. The Balaban J connectivity index is 2.80. The molecule has 0 radical (unpaired) electrons. The molecule has 0 saturated heterocycles. The van der Waals surface area contributed by atoms with Crippen LogP contribution in [0.15, 0.2) is 12.7 Å². The highest BCUT2D eigenvalue weighted by atomic mass is 16.5. The van der Waals surface area contributed by atoms with Crippen molar-refractivity contribution in [1.29, 1.82) is 0 Å². The summed E-state index contributed by atoms with van der Waals surface area (Å²) in [7, 11) is 0.